The summed E-state index contributed by atoms with van der Waals surface area (Å²) < 4.78 is 0. The third-order valence-corrected chi connectivity index (χ3v) is 4.17. The Bertz CT molecular complexity index is 824. The van der Waals surface area contributed by atoms with Crippen molar-refractivity contribution >= 4 is 33.8 Å². The van der Waals surface area contributed by atoms with Gasteiger partial charge >= 0.3 is 0 Å². The number of anilines is 3. The van der Waals surface area contributed by atoms with Gasteiger partial charge in [-0.1, -0.05) is 12.1 Å². The summed E-state index contributed by atoms with van der Waals surface area (Å²) in [5.41, 5.74) is 4.68. The van der Waals surface area contributed by atoms with Crippen LogP contribution in [0.1, 0.15) is 21.6 Å². The number of rotatable bonds is 4. The molecule has 23 heavy (non-hydrogen) atoms. The molecule has 1 heterocycles. The van der Waals surface area contributed by atoms with Crippen molar-refractivity contribution in [2.75, 3.05) is 10.6 Å². The summed E-state index contributed by atoms with van der Waals surface area (Å²) in [6.45, 7) is 3.96. The second kappa shape index (κ2) is 6.62. The summed E-state index contributed by atoms with van der Waals surface area (Å²) in [4.78, 5) is 16.4. The Balaban J connectivity index is 1.68. The molecule has 0 fully saturated rings. The number of aromatic nitrogens is 1. The zero-order valence-corrected chi connectivity index (χ0v) is 13.8. The molecule has 2 N–H and O–H groups in total. The summed E-state index contributed by atoms with van der Waals surface area (Å²) >= 11 is 1.42. The Labute approximate surface area is 139 Å². The molecule has 116 valence electrons. The smallest absolute Gasteiger partial charge is 0.257 e. The van der Waals surface area contributed by atoms with Crippen LogP contribution in [-0.2, 0) is 0 Å². The summed E-state index contributed by atoms with van der Waals surface area (Å²) in [6, 6.07) is 15.5. The van der Waals surface area contributed by atoms with Gasteiger partial charge in [0.15, 0.2) is 5.13 Å². The third-order valence-electron chi connectivity index (χ3n) is 3.29. The maximum absolute atomic E-state index is 12.2. The number of thiazole rings is 1. The van der Waals surface area contributed by atoms with E-state index in [1.54, 1.807) is 12.1 Å². The molecule has 0 unspecified atom stereocenters. The van der Waals surface area contributed by atoms with Crippen molar-refractivity contribution in [1.29, 1.82) is 0 Å². The molecule has 0 bridgehead atoms. The number of amides is 1. The highest BCUT2D eigenvalue weighted by molar-refractivity contribution is 7.13. The average molecular weight is 323 g/mol. The first-order valence-electron chi connectivity index (χ1n) is 7.27. The Morgan fingerprint density at radius 1 is 1.04 bits per heavy atom. The van der Waals surface area contributed by atoms with Crippen LogP contribution in [0.25, 0.3) is 0 Å². The monoisotopic (exact) mass is 323 g/mol. The second-order valence-electron chi connectivity index (χ2n) is 5.32. The first-order valence-corrected chi connectivity index (χ1v) is 8.15. The molecule has 5 heteroatoms. The maximum Gasteiger partial charge on any atom is 0.257 e. The number of carbonyl (C=O) groups is 1. The minimum Gasteiger partial charge on any atom is -0.356 e. The lowest BCUT2D eigenvalue weighted by atomic mass is 10.2. The van der Waals surface area contributed by atoms with Crippen LogP contribution < -0.4 is 10.6 Å². The molecule has 0 aliphatic heterocycles. The first-order chi connectivity index (χ1) is 11.1. The van der Waals surface area contributed by atoms with Gasteiger partial charge in [0.1, 0.15) is 0 Å². The first kappa shape index (κ1) is 15.2. The van der Waals surface area contributed by atoms with E-state index in [0.29, 0.717) is 10.7 Å². The predicted molar refractivity (Wildman–Crippen MR) is 95.7 cm³/mol. The molecule has 4 nitrogen and oxygen atoms in total. The largest absolute Gasteiger partial charge is 0.356 e. The Morgan fingerprint density at radius 3 is 2.48 bits per heavy atom. The van der Waals surface area contributed by atoms with Gasteiger partial charge in [-0.05, 0) is 55.8 Å². The highest BCUT2D eigenvalue weighted by Crippen LogP contribution is 2.19. The van der Waals surface area contributed by atoms with Crippen molar-refractivity contribution in [3.05, 3.63) is 70.7 Å². The molecule has 0 saturated heterocycles. The molecule has 0 aliphatic rings. The van der Waals surface area contributed by atoms with Crippen molar-refractivity contribution in [2.24, 2.45) is 0 Å². The van der Waals surface area contributed by atoms with E-state index in [9.17, 15) is 4.79 Å². The van der Waals surface area contributed by atoms with E-state index in [2.05, 4.69) is 34.7 Å². The summed E-state index contributed by atoms with van der Waals surface area (Å²) in [5.74, 6) is -0.151. The van der Waals surface area contributed by atoms with Gasteiger partial charge in [0.25, 0.3) is 5.91 Å². The van der Waals surface area contributed by atoms with E-state index < -0.39 is 0 Å². The van der Waals surface area contributed by atoms with Crippen molar-refractivity contribution in [1.82, 2.24) is 4.98 Å². The molecule has 0 saturated carbocycles. The fraction of sp³-hybridized carbons (Fsp3) is 0.111. The second-order valence-corrected chi connectivity index (χ2v) is 6.18. The lowest BCUT2D eigenvalue weighted by Crippen LogP contribution is -2.11. The van der Waals surface area contributed by atoms with Crippen LogP contribution in [0.15, 0.2) is 53.9 Å². The van der Waals surface area contributed by atoms with E-state index in [1.807, 2.05) is 36.6 Å². The molecule has 1 aromatic heterocycles. The molecular formula is C18H17N3OS. The quantitative estimate of drug-likeness (QED) is 0.728. The summed E-state index contributed by atoms with van der Waals surface area (Å²) in [5, 5.41) is 8.65. The normalized spacial score (nSPS) is 10.3. The zero-order valence-electron chi connectivity index (χ0n) is 13.0. The van der Waals surface area contributed by atoms with Crippen LogP contribution >= 0.6 is 11.3 Å². The number of nitrogens with one attached hydrogen (secondary N) is 2. The van der Waals surface area contributed by atoms with Gasteiger partial charge in [-0.15, -0.1) is 11.3 Å². The van der Waals surface area contributed by atoms with Crippen LogP contribution in [0, 0.1) is 13.8 Å². The highest BCUT2D eigenvalue weighted by atomic mass is 32.1. The minimum absolute atomic E-state index is 0.151. The van der Waals surface area contributed by atoms with Crippen molar-refractivity contribution < 1.29 is 4.79 Å². The zero-order chi connectivity index (χ0) is 16.2. The van der Waals surface area contributed by atoms with E-state index in [-0.39, 0.29) is 5.91 Å². The Kier molecular flexibility index (Phi) is 4.39. The van der Waals surface area contributed by atoms with Gasteiger partial charge in [0, 0.05) is 22.3 Å². The highest BCUT2D eigenvalue weighted by Gasteiger charge is 2.08. The molecule has 3 rings (SSSR count). The van der Waals surface area contributed by atoms with Crippen molar-refractivity contribution in [2.45, 2.75) is 13.8 Å². The molecule has 3 aromatic rings. The summed E-state index contributed by atoms with van der Waals surface area (Å²) in [7, 11) is 0. The van der Waals surface area contributed by atoms with Crippen LogP contribution in [0.2, 0.25) is 0 Å². The van der Waals surface area contributed by atoms with E-state index in [0.717, 1.165) is 17.1 Å². The molecule has 2 aromatic carbocycles. The molecule has 0 radical (unpaired) electrons. The van der Waals surface area contributed by atoms with Gasteiger partial charge in [0.2, 0.25) is 0 Å². The lowest BCUT2D eigenvalue weighted by molar-refractivity contribution is 0.102. The van der Waals surface area contributed by atoms with Gasteiger partial charge in [-0.2, -0.15) is 0 Å². The number of hydrogen-bond donors (Lipinski definition) is 2. The number of aryl methyl sites for hydroxylation is 2. The average Bonchev–Trinajstić information content (AvgIpc) is 2.93. The fourth-order valence-electron chi connectivity index (χ4n) is 2.18. The van der Waals surface area contributed by atoms with Crippen molar-refractivity contribution in [3.63, 3.8) is 0 Å². The van der Waals surface area contributed by atoms with Gasteiger partial charge < -0.3 is 5.32 Å². The SMILES string of the molecule is Cc1cccc(Nc2ccc(C(=O)Nc3nc(C)cs3)cc2)c1. The minimum atomic E-state index is -0.151. The van der Waals surface area contributed by atoms with Crippen LogP contribution in [0.5, 0.6) is 0 Å². The van der Waals surface area contributed by atoms with Gasteiger partial charge in [-0.25, -0.2) is 4.98 Å². The molecular weight excluding hydrogens is 306 g/mol. The molecule has 0 spiro atoms. The van der Waals surface area contributed by atoms with E-state index >= 15 is 0 Å². The maximum atomic E-state index is 12.2. The third kappa shape index (κ3) is 3.96. The molecule has 0 atom stereocenters. The van der Waals surface area contributed by atoms with Crippen LogP contribution in [0.4, 0.5) is 16.5 Å². The number of carbonyl (C=O) groups excluding carboxylic acids is 1. The Morgan fingerprint density at radius 2 is 1.83 bits per heavy atom. The number of nitrogens with zero attached hydrogens (tertiary/aromatic N) is 1. The van der Waals surface area contributed by atoms with Gasteiger partial charge in [-0.3, -0.25) is 10.1 Å². The lowest BCUT2D eigenvalue weighted by Gasteiger charge is -2.08. The fourth-order valence-corrected chi connectivity index (χ4v) is 2.86. The van der Waals surface area contributed by atoms with E-state index in [4.69, 9.17) is 0 Å². The topological polar surface area (TPSA) is 54.0 Å². The van der Waals surface area contributed by atoms with E-state index in [1.165, 1.54) is 16.9 Å². The number of hydrogen-bond acceptors (Lipinski definition) is 4. The van der Waals surface area contributed by atoms with Crippen molar-refractivity contribution in [3.8, 4) is 0 Å². The predicted octanol–water partition coefficient (Wildman–Crippen LogP) is 4.76. The number of benzene rings is 2. The summed E-state index contributed by atoms with van der Waals surface area (Å²) in [6.07, 6.45) is 0. The molecule has 1 amide bonds. The van der Waals surface area contributed by atoms with Crippen LogP contribution in [-0.4, -0.2) is 10.9 Å². The Hall–Kier alpha value is -2.66. The van der Waals surface area contributed by atoms with Crippen LogP contribution in [0.3, 0.4) is 0 Å². The van der Waals surface area contributed by atoms with Gasteiger partial charge in [0.05, 0.1) is 5.69 Å². The standard InChI is InChI=1S/C18H17N3OS/c1-12-4-3-5-16(10-12)20-15-8-6-14(7-9-15)17(22)21-18-19-13(2)11-23-18/h3-11,20H,1-2H3,(H,19,21,22). The molecule has 0 aliphatic carbocycles.